The maximum atomic E-state index is 4.60. The number of nitrogens with zero attached hydrogens (tertiary/aromatic N) is 2. The van der Waals surface area contributed by atoms with E-state index in [1.165, 1.54) is 15.8 Å². The van der Waals surface area contributed by atoms with Crippen molar-refractivity contribution in [3.05, 3.63) is 52.3 Å². The summed E-state index contributed by atoms with van der Waals surface area (Å²) < 4.78 is 1.95. The van der Waals surface area contributed by atoms with Crippen molar-refractivity contribution in [2.75, 3.05) is 0 Å². The Kier molecular flexibility index (Phi) is 3.36. The minimum absolute atomic E-state index is 0.362. The van der Waals surface area contributed by atoms with Gasteiger partial charge in [0.25, 0.3) is 0 Å². The van der Waals surface area contributed by atoms with Gasteiger partial charge in [0.05, 0.1) is 11.2 Å². The lowest BCUT2D eigenvalue weighted by atomic mass is 10.2. The molecule has 0 spiro atoms. The highest BCUT2D eigenvalue weighted by Gasteiger charge is 2.10. The number of para-hydroxylation sites is 1. The minimum atomic E-state index is 0.362. The predicted molar refractivity (Wildman–Crippen MR) is 80.3 cm³/mol. The van der Waals surface area contributed by atoms with E-state index in [4.69, 9.17) is 0 Å². The molecule has 3 nitrogen and oxygen atoms in total. The Morgan fingerprint density at radius 2 is 2.11 bits per heavy atom. The molecular weight excluding hydrogens is 254 g/mol. The van der Waals surface area contributed by atoms with Crippen LogP contribution in [0, 0.1) is 0 Å². The van der Waals surface area contributed by atoms with Crippen LogP contribution >= 0.6 is 11.3 Å². The predicted octanol–water partition coefficient (Wildman–Crippen LogP) is 3.49. The third kappa shape index (κ3) is 2.41. The molecule has 4 heteroatoms. The van der Waals surface area contributed by atoms with Gasteiger partial charge in [-0.3, -0.25) is 4.68 Å². The van der Waals surface area contributed by atoms with Gasteiger partial charge in [-0.25, -0.2) is 0 Å². The monoisotopic (exact) mass is 271 g/mol. The Hall–Kier alpha value is -1.65. The molecule has 0 amide bonds. The highest BCUT2D eigenvalue weighted by Crippen LogP contribution is 2.21. The maximum Gasteiger partial charge on any atom is 0.0841 e. The number of fused-ring (bicyclic) bond motifs is 1. The van der Waals surface area contributed by atoms with Gasteiger partial charge in [-0.05, 0) is 24.4 Å². The molecule has 0 aliphatic carbocycles. The van der Waals surface area contributed by atoms with Gasteiger partial charge >= 0.3 is 0 Å². The average molecular weight is 271 g/mol. The third-order valence-corrected chi connectivity index (χ3v) is 4.43. The summed E-state index contributed by atoms with van der Waals surface area (Å²) >= 11 is 1.79. The fraction of sp³-hybridized carbons (Fsp3) is 0.267. The summed E-state index contributed by atoms with van der Waals surface area (Å²) in [4.78, 5) is 1.36. The van der Waals surface area contributed by atoms with E-state index in [1.807, 2.05) is 11.7 Å². The average Bonchev–Trinajstić information content (AvgIpc) is 3.06. The number of benzene rings is 1. The van der Waals surface area contributed by atoms with Crippen molar-refractivity contribution < 1.29 is 0 Å². The molecule has 1 N–H and O–H groups in total. The summed E-state index contributed by atoms with van der Waals surface area (Å²) in [5.74, 6) is 0. The van der Waals surface area contributed by atoms with Crippen molar-refractivity contribution in [1.82, 2.24) is 15.1 Å². The molecule has 2 heterocycles. The van der Waals surface area contributed by atoms with E-state index in [1.54, 1.807) is 11.3 Å². The number of hydrogen-bond acceptors (Lipinski definition) is 3. The van der Waals surface area contributed by atoms with Crippen molar-refractivity contribution in [2.24, 2.45) is 7.05 Å². The molecule has 1 atom stereocenters. The molecule has 0 radical (unpaired) electrons. The topological polar surface area (TPSA) is 29.9 Å². The van der Waals surface area contributed by atoms with E-state index >= 15 is 0 Å². The van der Waals surface area contributed by atoms with Crippen LogP contribution in [0.2, 0.25) is 0 Å². The lowest BCUT2D eigenvalue weighted by Gasteiger charge is -2.10. The van der Waals surface area contributed by atoms with Crippen molar-refractivity contribution in [3.63, 3.8) is 0 Å². The summed E-state index contributed by atoms with van der Waals surface area (Å²) in [7, 11) is 1.99. The third-order valence-electron chi connectivity index (χ3n) is 3.38. The molecule has 2 aromatic heterocycles. The van der Waals surface area contributed by atoms with Gasteiger partial charge in [-0.1, -0.05) is 24.3 Å². The Morgan fingerprint density at radius 1 is 1.26 bits per heavy atom. The number of aromatic nitrogens is 2. The molecule has 98 valence electrons. The van der Waals surface area contributed by atoms with Crippen LogP contribution in [0.1, 0.15) is 23.5 Å². The van der Waals surface area contributed by atoms with Crippen molar-refractivity contribution in [3.8, 4) is 0 Å². The molecule has 19 heavy (non-hydrogen) atoms. The molecule has 0 aliphatic heterocycles. The van der Waals surface area contributed by atoms with Gasteiger partial charge < -0.3 is 5.32 Å². The van der Waals surface area contributed by atoms with E-state index in [0.717, 1.165) is 12.2 Å². The standard InChI is InChI=1S/C15H17N3S/c1-11(15-8-5-9-19-15)16-10-13-12-6-3-4-7-14(12)18(2)17-13/h3-9,11,16H,10H2,1-2H3/t11-/m1/s1. The molecule has 3 rings (SSSR count). The Bertz CT molecular complexity index is 670. The van der Waals surface area contributed by atoms with Gasteiger partial charge in [-0.2, -0.15) is 5.10 Å². The first-order valence-corrected chi connectivity index (χ1v) is 7.31. The van der Waals surface area contributed by atoms with E-state index in [9.17, 15) is 0 Å². The van der Waals surface area contributed by atoms with Crippen LogP contribution in [0.4, 0.5) is 0 Å². The number of thiophene rings is 1. The SMILES string of the molecule is C[C@@H](NCc1nn(C)c2ccccc12)c1cccs1. The number of hydrogen-bond donors (Lipinski definition) is 1. The van der Waals surface area contributed by atoms with E-state index in [-0.39, 0.29) is 0 Å². The molecular formula is C15H17N3S. The molecule has 1 aromatic carbocycles. The van der Waals surface area contributed by atoms with E-state index < -0.39 is 0 Å². The molecule has 0 bridgehead atoms. The zero-order chi connectivity index (χ0) is 13.2. The second-order valence-electron chi connectivity index (χ2n) is 4.71. The molecule has 0 fully saturated rings. The quantitative estimate of drug-likeness (QED) is 0.787. The van der Waals surface area contributed by atoms with Crippen LogP contribution in [0.25, 0.3) is 10.9 Å². The zero-order valence-corrected chi connectivity index (χ0v) is 11.9. The van der Waals surface area contributed by atoms with Crippen LogP contribution in [-0.4, -0.2) is 9.78 Å². The fourth-order valence-electron chi connectivity index (χ4n) is 2.31. The first kappa shape index (κ1) is 12.4. The van der Waals surface area contributed by atoms with Gasteiger partial charge in [0.1, 0.15) is 0 Å². The van der Waals surface area contributed by atoms with E-state index in [0.29, 0.717) is 6.04 Å². The van der Waals surface area contributed by atoms with Gasteiger partial charge in [0.15, 0.2) is 0 Å². The molecule has 3 aromatic rings. The summed E-state index contributed by atoms with van der Waals surface area (Å²) in [5.41, 5.74) is 2.30. The van der Waals surface area contributed by atoms with Gasteiger partial charge in [-0.15, -0.1) is 11.3 Å². The zero-order valence-electron chi connectivity index (χ0n) is 11.1. The first-order valence-electron chi connectivity index (χ1n) is 6.43. The Morgan fingerprint density at radius 3 is 2.89 bits per heavy atom. The minimum Gasteiger partial charge on any atom is -0.304 e. The summed E-state index contributed by atoms with van der Waals surface area (Å²) in [6.45, 7) is 2.98. The van der Waals surface area contributed by atoms with Crippen LogP contribution in [-0.2, 0) is 13.6 Å². The van der Waals surface area contributed by atoms with Crippen molar-refractivity contribution >= 4 is 22.2 Å². The smallest absolute Gasteiger partial charge is 0.0841 e. The second-order valence-corrected chi connectivity index (χ2v) is 5.68. The largest absolute Gasteiger partial charge is 0.304 e. The molecule has 0 unspecified atom stereocenters. The molecule has 0 saturated carbocycles. The van der Waals surface area contributed by atoms with Crippen LogP contribution < -0.4 is 5.32 Å². The number of nitrogens with one attached hydrogen (secondary N) is 1. The summed E-state index contributed by atoms with van der Waals surface area (Å²) in [5, 5.41) is 11.5. The summed E-state index contributed by atoms with van der Waals surface area (Å²) in [6, 6.07) is 13.0. The molecule has 0 aliphatic rings. The number of rotatable bonds is 4. The van der Waals surface area contributed by atoms with Gasteiger partial charge in [0, 0.05) is 29.9 Å². The van der Waals surface area contributed by atoms with Crippen molar-refractivity contribution in [1.29, 1.82) is 0 Å². The van der Waals surface area contributed by atoms with Crippen LogP contribution in [0.5, 0.6) is 0 Å². The van der Waals surface area contributed by atoms with Crippen LogP contribution in [0.3, 0.4) is 0 Å². The fourth-order valence-corrected chi connectivity index (χ4v) is 3.07. The lowest BCUT2D eigenvalue weighted by Crippen LogP contribution is -2.17. The lowest BCUT2D eigenvalue weighted by molar-refractivity contribution is 0.571. The normalized spacial score (nSPS) is 12.9. The van der Waals surface area contributed by atoms with Gasteiger partial charge in [0.2, 0.25) is 0 Å². The highest BCUT2D eigenvalue weighted by atomic mass is 32.1. The Balaban J connectivity index is 1.79. The van der Waals surface area contributed by atoms with Crippen LogP contribution in [0.15, 0.2) is 41.8 Å². The Labute approximate surface area is 116 Å². The maximum absolute atomic E-state index is 4.60. The van der Waals surface area contributed by atoms with Crippen molar-refractivity contribution in [2.45, 2.75) is 19.5 Å². The summed E-state index contributed by atoms with van der Waals surface area (Å²) in [6.07, 6.45) is 0. The first-order chi connectivity index (χ1) is 9.25. The molecule has 0 saturated heterocycles. The van der Waals surface area contributed by atoms with E-state index in [2.05, 4.69) is 59.1 Å². The number of aryl methyl sites for hydroxylation is 1. The second kappa shape index (κ2) is 5.15. The highest BCUT2D eigenvalue weighted by molar-refractivity contribution is 7.10.